The molecule has 2 rings (SSSR count). The largest absolute Gasteiger partial charge is 0.432 e. The van der Waals surface area contributed by atoms with Crippen molar-refractivity contribution in [1.29, 1.82) is 0 Å². The molecule has 1 aromatic carbocycles. The van der Waals surface area contributed by atoms with Gasteiger partial charge in [0.05, 0.1) is 11.6 Å². The molecule has 0 saturated carbocycles. The molecular weight excluding hydrogens is 279 g/mol. The number of halogens is 2. The molecule has 0 aliphatic carbocycles. The van der Waals surface area contributed by atoms with Gasteiger partial charge in [-0.1, -0.05) is 15.9 Å². The van der Waals surface area contributed by atoms with Gasteiger partial charge in [0.15, 0.2) is 0 Å². The molecule has 0 aliphatic rings. The third kappa shape index (κ3) is 2.73. The van der Waals surface area contributed by atoms with E-state index in [-0.39, 0.29) is 0 Å². The Hall–Kier alpha value is -1.00. The zero-order valence-corrected chi connectivity index (χ0v) is 10.0. The zero-order valence-electron chi connectivity index (χ0n) is 7.71. The van der Waals surface area contributed by atoms with E-state index < -0.39 is 0 Å². The number of nitrogens with one attached hydrogen (secondary N) is 1. The summed E-state index contributed by atoms with van der Waals surface area (Å²) in [7, 11) is 0. The molecule has 0 amide bonds. The highest BCUT2D eigenvalue weighted by Gasteiger charge is 2.02. The van der Waals surface area contributed by atoms with Crippen molar-refractivity contribution < 1.29 is 4.42 Å². The average molecular weight is 288 g/mol. The Morgan fingerprint density at radius 3 is 2.67 bits per heavy atom. The van der Waals surface area contributed by atoms with Gasteiger partial charge < -0.3 is 9.73 Å². The van der Waals surface area contributed by atoms with Gasteiger partial charge in [-0.25, -0.2) is 0 Å². The van der Waals surface area contributed by atoms with Crippen LogP contribution in [0.3, 0.4) is 0 Å². The number of alkyl halides is 1. The van der Waals surface area contributed by atoms with Crippen LogP contribution in [0.5, 0.6) is 0 Å². The molecule has 0 saturated heterocycles. The van der Waals surface area contributed by atoms with Gasteiger partial charge in [0, 0.05) is 10.2 Å². The summed E-state index contributed by atoms with van der Waals surface area (Å²) in [5.74, 6) is 0.353. The van der Waals surface area contributed by atoms with Crippen LogP contribution in [0.1, 0.15) is 5.69 Å². The highest BCUT2D eigenvalue weighted by atomic mass is 79.9. The molecule has 0 unspecified atom stereocenters. The van der Waals surface area contributed by atoms with Crippen molar-refractivity contribution in [2.24, 2.45) is 0 Å². The number of hydrogen-bond acceptors (Lipinski definition) is 3. The maximum atomic E-state index is 5.61. The van der Waals surface area contributed by atoms with Crippen LogP contribution in [-0.4, -0.2) is 4.98 Å². The van der Waals surface area contributed by atoms with Crippen LogP contribution in [0.25, 0.3) is 0 Å². The second kappa shape index (κ2) is 4.68. The monoisotopic (exact) mass is 286 g/mol. The van der Waals surface area contributed by atoms with E-state index in [1.54, 1.807) is 0 Å². The fourth-order valence-electron chi connectivity index (χ4n) is 1.08. The van der Waals surface area contributed by atoms with Crippen molar-refractivity contribution in [3.8, 4) is 0 Å². The van der Waals surface area contributed by atoms with Crippen LogP contribution in [-0.2, 0) is 5.88 Å². The molecule has 15 heavy (non-hydrogen) atoms. The average Bonchev–Trinajstić information content (AvgIpc) is 2.69. The Morgan fingerprint density at radius 2 is 2.07 bits per heavy atom. The van der Waals surface area contributed by atoms with Gasteiger partial charge in [-0.05, 0) is 24.3 Å². The van der Waals surface area contributed by atoms with Crippen molar-refractivity contribution in [3.63, 3.8) is 0 Å². The van der Waals surface area contributed by atoms with Gasteiger partial charge >= 0.3 is 0 Å². The molecule has 0 radical (unpaired) electrons. The molecule has 0 spiro atoms. The van der Waals surface area contributed by atoms with Crippen LogP contribution in [0, 0.1) is 0 Å². The summed E-state index contributed by atoms with van der Waals surface area (Å²) in [6.07, 6.45) is 1.54. The number of benzene rings is 1. The van der Waals surface area contributed by atoms with Crippen LogP contribution in [0.4, 0.5) is 11.7 Å². The van der Waals surface area contributed by atoms with Gasteiger partial charge in [-0.15, -0.1) is 11.6 Å². The van der Waals surface area contributed by atoms with E-state index in [4.69, 9.17) is 16.0 Å². The van der Waals surface area contributed by atoms with Gasteiger partial charge in [0.2, 0.25) is 0 Å². The Kier molecular flexibility index (Phi) is 3.28. The molecule has 1 N–H and O–H groups in total. The van der Waals surface area contributed by atoms with Crippen molar-refractivity contribution >= 4 is 39.2 Å². The number of hydrogen-bond donors (Lipinski definition) is 1. The SMILES string of the molecule is ClCc1coc(Nc2ccc(Br)cc2)n1. The lowest BCUT2D eigenvalue weighted by Crippen LogP contribution is -1.90. The molecule has 0 aliphatic heterocycles. The van der Waals surface area contributed by atoms with Crippen molar-refractivity contribution in [2.75, 3.05) is 5.32 Å². The summed E-state index contributed by atoms with van der Waals surface area (Å²) in [5.41, 5.74) is 1.64. The first-order valence-corrected chi connectivity index (χ1v) is 5.63. The standard InChI is InChI=1S/C10H8BrClN2O/c11-7-1-3-8(4-2-7)13-10-14-9(5-12)6-15-10/h1-4,6H,5H2,(H,13,14). The van der Waals surface area contributed by atoms with Crippen LogP contribution < -0.4 is 5.32 Å². The first-order chi connectivity index (χ1) is 7.28. The zero-order chi connectivity index (χ0) is 10.7. The van der Waals surface area contributed by atoms with Crippen LogP contribution in [0.2, 0.25) is 0 Å². The Morgan fingerprint density at radius 1 is 1.33 bits per heavy atom. The summed E-state index contributed by atoms with van der Waals surface area (Å²) in [6.45, 7) is 0. The number of anilines is 2. The number of oxazole rings is 1. The summed E-state index contributed by atoms with van der Waals surface area (Å²) < 4.78 is 6.20. The van der Waals surface area contributed by atoms with Crippen molar-refractivity contribution in [3.05, 3.63) is 40.7 Å². The Bertz CT molecular complexity index is 441. The number of rotatable bonds is 3. The summed E-state index contributed by atoms with van der Waals surface area (Å²) in [4.78, 5) is 4.13. The molecule has 1 heterocycles. The maximum absolute atomic E-state index is 5.61. The molecule has 78 valence electrons. The minimum Gasteiger partial charge on any atom is -0.432 e. The second-order valence-corrected chi connectivity index (χ2v) is 4.09. The molecular formula is C10H8BrClN2O. The van der Waals surface area contributed by atoms with Crippen molar-refractivity contribution in [2.45, 2.75) is 5.88 Å². The number of nitrogens with zero attached hydrogens (tertiary/aromatic N) is 1. The fraction of sp³-hybridized carbons (Fsp3) is 0.100. The lowest BCUT2D eigenvalue weighted by atomic mass is 10.3. The smallest absolute Gasteiger partial charge is 0.299 e. The summed E-state index contributed by atoms with van der Waals surface area (Å²) in [5, 5.41) is 3.03. The van der Waals surface area contributed by atoms with Crippen LogP contribution >= 0.6 is 27.5 Å². The quantitative estimate of drug-likeness (QED) is 0.870. The Balaban J connectivity index is 2.11. The Labute approximate surface area is 101 Å². The van der Waals surface area contributed by atoms with E-state index in [1.165, 1.54) is 6.26 Å². The fourth-order valence-corrected chi connectivity index (χ4v) is 1.47. The van der Waals surface area contributed by atoms with E-state index in [9.17, 15) is 0 Å². The minimum atomic E-state index is 0.353. The molecule has 0 bridgehead atoms. The van der Waals surface area contributed by atoms with E-state index >= 15 is 0 Å². The summed E-state index contributed by atoms with van der Waals surface area (Å²) in [6, 6.07) is 8.18. The minimum absolute atomic E-state index is 0.353. The number of aromatic nitrogens is 1. The first kappa shape index (κ1) is 10.5. The van der Waals surface area contributed by atoms with Crippen LogP contribution in [0.15, 0.2) is 39.4 Å². The topological polar surface area (TPSA) is 38.1 Å². The molecule has 0 atom stereocenters. The highest BCUT2D eigenvalue weighted by molar-refractivity contribution is 9.10. The highest BCUT2D eigenvalue weighted by Crippen LogP contribution is 2.19. The summed E-state index contributed by atoms with van der Waals surface area (Å²) >= 11 is 8.97. The molecule has 5 heteroatoms. The van der Waals surface area contributed by atoms with E-state index in [0.717, 1.165) is 15.9 Å². The van der Waals surface area contributed by atoms with E-state index in [1.807, 2.05) is 24.3 Å². The van der Waals surface area contributed by atoms with Gasteiger partial charge in [-0.3, -0.25) is 0 Å². The third-order valence-corrected chi connectivity index (χ3v) is 2.59. The van der Waals surface area contributed by atoms with Gasteiger partial charge in [0.1, 0.15) is 6.26 Å². The van der Waals surface area contributed by atoms with Gasteiger partial charge in [0.25, 0.3) is 6.01 Å². The molecule has 0 fully saturated rings. The third-order valence-electron chi connectivity index (χ3n) is 1.78. The van der Waals surface area contributed by atoms with E-state index in [2.05, 4.69) is 26.2 Å². The molecule has 2 aromatic rings. The second-order valence-electron chi connectivity index (χ2n) is 2.91. The first-order valence-electron chi connectivity index (χ1n) is 4.31. The van der Waals surface area contributed by atoms with Crippen molar-refractivity contribution in [1.82, 2.24) is 4.98 Å². The van der Waals surface area contributed by atoms with Gasteiger partial charge in [-0.2, -0.15) is 4.98 Å². The molecule has 3 nitrogen and oxygen atoms in total. The predicted molar refractivity (Wildman–Crippen MR) is 63.5 cm³/mol. The lowest BCUT2D eigenvalue weighted by Gasteiger charge is -2.00. The van der Waals surface area contributed by atoms with E-state index in [0.29, 0.717) is 11.9 Å². The molecule has 1 aromatic heterocycles. The maximum Gasteiger partial charge on any atom is 0.299 e. The lowest BCUT2D eigenvalue weighted by molar-refractivity contribution is 0.576. The normalized spacial score (nSPS) is 10.3. The predicted octanol–water partition coefficient (Wildman–Crippen LogP) is 3.92.